The fourth-order valence-corrected chi connectivity index (χ4v) is 3.55. The molecule has 1 aromatic heterocycles. The number of rotatable bonds is 6. The van der Waals surface area contributed by atoms with Gasteiger partial charge in [-0.15, -0.1) is 0 Å². The molecule has 0 bridgehead atoms. The molecule has 26 heavy (non-hydrogen) atoms. The topological polar surface area (TPSA) is 55.6 Å². The van der Waals surface area contributed by atoms with Crippen molar-refractivity contribution in [2.75, 3.05) is 26.2 Å². The molecule has 6 heteroatoms. The van der Waals surface area contributed by atoms with Crippen LogP contribution in [0.25, 0.3) is 11.3 Å². The van der Waals surface area contributed by atoms with E-state index in [9.17, 15) is 9.18 Å². The van der Waals surface area contributed by atoms with E-state index in [2.05, 4.69) is 17.0 Å². The Kier molecular flexibility index (Phi) is 5.71. The van der Waals surface area contributed by atoms with Gasteiger partial charge in [0.1, 0.15) is 17.3 Å². The molecule has 0 radical (unpaired) electrons. The number of esters is 1. The molecule has 1 fully saturated rings. The zero-order valence-electron chi connectivity index (χ0n) is 15.3. The highest BCUT2D eigenvalue weighted by Crippen LogP contribution is 2.37. The molecular weight excluding hydrogens is 335 g/mol. The summed E-state index contributed by atoms with van der Waals surface area (Å²) in [4.78, 5) is 15.0. The van der Waals surface area contributed by atoms with Crippen LogP contribution >= 0.6 is 0 Å². The summed E-state index contributed by atoms with van der Waals surface area (Å²) in [5.74, 6) is 0.142. The summed E-state index contributed by atoms with van der Waals surface area (Å²) in [6.07, 6.45) is 1.91. The van der Waals surface area contributed by atoms with E-state index in [4.69, 9.17) is 9.26 Å². The molecule has 2 heterocycles. The first-order chi connectivity index (χ1) is 12.6. The largest absolute Gasteiger partial charge is 0.466 e. The van der Waals surface area contributed by atoms with Crippen LogP contribution < -0.4 is 0 Å². The normalized spacial score (nSPS) is 17.2. The summed E-state index contributed by atoms with van der Waals surface area (Å²) in [5.41, 5.74) is 0.649. The van der Waals surface area contributed by atoms with Crippen molar-refractivity contribution in [3.05, 3.63) is 41.9 Å². The molecule has 1 aliphatic rings. The number of hydrogen-bond donors (Lipinski definition) is 0. The fourth-order valence-electron chi connectivity index (χ4n) is 3.55. The Hall–Kier alpha value is -2.21. The Bertz CT molecular complexity index is 751. The highest BCUT2D eigenvalue weighted by atomic mass is 19.1. The Labute approximate surface area is 153 Å². The lowest BCUT2D eigenvalue weighted by Gasteiger charge is -2.39. The number of hydrogen-bond acceptors (Lipinski definition) is 5. The fraction of sp³-hybridized carbons (Fsp3) is 0.500. The summed E-state index contributed by atoms with van der Waals surface area (Å²) >= 11 is 0. The van der Waals surface area contributed by atoms with Gasteiger partial charge in [0.25, 0.3) is 0 Å². The number of ether oxygens (including phenoxy) is 1. The van der Waals surface area contributed by atoms with Gasteiger partial charge in [-0.3, -0.25) is 4.79 Å². The van der Waals surface area contributed by atoms with Crippen molar-refractivity contribution < 1.29 is 18.4 Å². The van der Waals surface area contributed by atoms with Crippen LogP contribution in [0.15, 0.2) is 34.9 Å². The molecule has 0 atom stereocenters. The first kappa shape index (κ1) is 18.6. The van der Waals surface area contributed by atoms with E-state index in [1.54, 1.807) is 18.2 Å². The Morgan fingerprint density at radius 2 is 2.08 bits per heavy atom. The highest BCUT2D eigenvalue weighted by molar-refractivity contribution is 5.77. The van der Waals surface area contributed by atoms with Gasteiger partial charge in [-0.25, -0.2) is 4.39 Å². The van der Waals surface area contributed by atoms with Gasteiger partial charge >= 0.3 is 5.97 Å². The van der Waals surface area contributed by atoms with Crippen LogP contribution in [-0.2, 0) is 16.0 Å². The molecule has 1 aliphatic heterocycles. The Balaban J connectivity index is 1.80. The van der Waals surface area contributed by atoms with Gasteiger partial charge in [-0.05, 0) is 51.5 Å². The van der Waals surface area contributed by atoms with Crippen LogP contribution in [0.1, 0.15) is 32.4 Å². The van der Waals surface area contributed by atoms with Crippen LogP contribution in [-0.4, -0.2) is 42.3 Å². The smallest absolute Gasteiger partial charge is 0.312 e. The summed E-state index contributed by atoms with van der Waals surface area (Å²) in [7, 11) is 0. The Morgan fingerprint density at radius 3 is 2.73 bits per heavy atom. The lowest BCUT2D eigenvalue weighted by molar-refractivity contribution is -0.159. The zero-order chi connectivity index (χ0) is 18.6. The summed E-state index contributed by atoms with van der Waals surface area (Å²) in [6.45, 7) is 7.01. The molecule has 2 aromatic rings. The average molecular weight is 360 g/mol. The minimum atomic E-state index is -0.583. The van der Waals surface area contributed by atoms with E-state index in [-0.39, 0.29) is 11.8 Å². The number of benzene rings is 1. The second-order valence-electron chi connectivity index (χ2n) is 6.80. The van der Waals surface area contributed by atoms with Crippen molar-refractivity contribution in [2.24, 2.45) is 5.41 Å². The summed E-state index contributed by atoms with van der Waals surface area (Å²) in [6, 6.07) is 8.03. The van der Waals surface area contributed by atoms with Crippen LogP contribution in [0.3, 0.4) is 0 Å². The van der Waals surface area contributed by atoms with E-state index >= 15 is 0 Å². The molecule has 0 unspecified atom stereocenters. The van der Waals surface area contributed by atoms with Gasteiger partial charge in [0.15, 0.2) is 0 Å². The van der Waals surface area contributed by atoms with Crippen molar-refractivity contribution in [1.82, 2.24) is 10.1 Å². The SMILES string of the molecule is CCOC(=O)C1(Cc2cc(-c3cccc(F)c3)no2)CCN(CC)CC1. The maximum absolute atomic E-state index is 13.4. The second kappa shape index (κ2) is 7.99. The van der Waals surface area contributed by atoms with Gasteiger partial charge in [-0.1, -0.05) is 24.2 Å². The van der Waals surface area contributed by atoms with E-state index in [1.807, 2.05) is 6.92 Å². The first-order valence-corrected chi connectivity index (χ1v) is 9.17. The van der Waals surface area contributed by atoms with Gasteiger partial charge in [0.2, 0.25) is 0 Å². The molecule has 0 N–H and O–H groups in total. The lowest BCUT2D eigenvalue weighted by atomic mass is 9.75. The molecule has 0 amide bonds. The molecule has 3 rings (SSSR count). The number of carbonyl (C=O) groups is 1. The maximum Gasteiger partial charge on any atom is 0.312 e. The third-order valence-corrected chi connectivity index (χ3v) is 5.16. The zero-order valence-corrected chi connectivity index (χ0v) is 15.3. The number of piperidine rings is 1. The maximum atomic E-state index is 13.4. The van der Waals surface area contributed by atoms with Crippen molar-refractivity contribution >= 4 is 5.97 Å². The van der Waals surface area contributed by atoms with Crippen molar-refractivity contribution in [3.8, 4) is 11.3 Å². The van der Waals surface area contributed by atoms with Crippen molar-refractivity contribution in [2.45, 2.75) is 33.1 Å². The molecular formula is C20H25FN2O3. The molecule has 140 valence electrons. The van der Waals surface area contributed by atoms with Gasteiger partial charge in [-0.2, -0.15) is 0 Å². The van der Waals surface area contributed by atoms with Gasteiger partial charge < -0.3 is 14.2 Å². The van der Waals surface area contributed by atoms with Crippen molar-refractivity contribution in [3.63, 3.8) is 0 Å². The molecule has 5 nitrogen and oxygen atoms in total. The van der Waals surface area contributed by atoms with E-state index in [0.29, 0.717) is 30.0 Å². The number of aromatic nitrogens is 1. The van der Waals surface area contributed by atoms with Gasteiger partial charge in [0.05, 0.1) is 12.0 Å². The monoisotopic (exact) mass is 360 g/mol. The van der Waals surface area contributed by atoms with Crippen molar-refractivity contribution in [1.29, 1.82) is 0 Å². The molecule has 0 aliphatic carbocycles. The van der Waals surface area contributed by atoms with Crippen LogP contribution in [0.2, 0.25) is 0 Å². The third-order valence-electron chi connectivity index (χ3n) is 5.16. The summed E-state index contributed by atoms with van der Waals surface area (Å²) < 4.78 is 24.3. The van der Waals surface area contributed by atoms with E-state index in [0.717, 1.165) is 32.5 Å². The number of carbonyl (C=O) groups excluding carboxylic acids is 1. The van der Waals surface area contributed by atoms with E-state index in [1.165, 1.54) is 12.1 Å². The first-order valence-electron chi connectivity index (χ1n) is 9.17. The molecule has 0 saturated carbocycles. The van der Waals surface area contributed by atoms with E-state index < -0.39 is 5.41 Å². The number of halogens is 1. The van der Waals surface area contributed by atoms with Crippen LogP contribution in [0.5, 0.6) is 0 Å². The lowest BCUT2D eigenvalue weighted by Crippen LogP contribution is -2.46. The minimum absolute atomic E-state index is 0.167. The predicted molar refractivity (Wildman–Crippen MR) is 96.0 cm³/mol. The van der Waals surface area contributed by atoms with Gasteiger partial charge in [0, 0.05) is 18.1 Å². The highest BCUT2D eigenvalue weighted by Gasteiger charge is 2.43. The molecule has 1 aromatic carbocycles. The third kappa shape index (κ3) is 3.96. The summed E-state index contributed by atoms with van der Waals surface area (Å²) in [5, 5.41) is 4.06. The minimum Gasteiger partial charge on any atom is -0.466 e. The quantitative estimate of drug-likeness (QED) is 0.736. The number of nitrogens with zero attached hydrogens (tertiary/aromatic N) is 2. The Morgan fingerprint density at radius 1 is 1.31 bits per heavy atom. The average Bonchev–Trinajstić information content (AvgIpc) is 3.11. The molecule has 1 saturated heterocycles. The predicted octanol–water partition coefficient (Wildman–Crippen LogP) is 3.69. The van der Waals surface area contributed by atoms with Crippen LogP contribution in [0.4, 0.5) is 4.39 Å². The second-order valence-corrected chi connectivity index (χ2v) is 6.80. The van der Waals surface area contributed by atoms with Crippen LogP contribution in [0, 0.1) is 11.2 Å². The molecule has 0 spiro atoms. The number of likely N-dealkylation sites (tertiary alicyclic amines) is 1. The standard InChI is InChI=1S/C20H25FN2O3/c1-3-23-10-8-20(9-11-23,19(24)25-4-2)14-17-13-18(22-26-17)15-6-5-7-16(21)12-15/h5-7,12-13H,3-4,8-11,14H2,1-2H3.